The van der Waals surface area contributed by atoms with Gasteiger partial charge in [0.05, 0.1) is 6.54 Å². The van der Waals surface area contributed by atoms with E-state index in [0.717, 1.165) is 25.7 Å². The van der Waals surface area contributed by atoms with Gasteiger partial charge < -0.3 is 5.32 Å². The van der Waals surface area contributed by atoms with Crippen LogP contribution >= 0.6 is 0 Å². The summed E-state index contributed by atoms with van der Waals surface area (Å²) in [6, 6.07) is 0.732. The molecule has 0 atom stereocenters. The van der Waals surface area contributed by atoms with Gasteiger partial charge in [0.15, 0.2) is 0 Å². The molecule has 0 amide bonds. The molecule has 0 radical (unpaired) electrons. The Bertz CT molecular complexity index is 187. The van der Waals surface area contributed by atoms with Crippen LogP contribution in [0.15, 0.2) is 0 Å². The highest BCUT2D eigenvalue weighted by molar-refractivity contribution is 4.90. The molecule has 0 aromatic carbocycles. The molecule has 1 fully saturated rings. The highest BCUT2D eigenvalue weighted by Gasteiger charge is 2.17. The van der Waals surface area contributed by atoms with Gasteiger partial charge in [0.2, 0.25) is 0 Å². The van der Waals surface area contributed by atoms with Crippen molar-refractivity contribution in [1.82, 2.24) is 10.2 Å². The van der Waals surface area contributed by atoms with Gasteiger partial charge in [0.25, 0.3) is 0 Å². The topological polar surface area (TPSA) is 15.3 Å². The van der Waals surface area contributed by atoms with Crippen LogP contribution in [0, 0.1) is 12.3 Å². The van der Waals surface area contributed by atoms with E-state index in [0.29, 0.717) is 0 Å². The van der Waals surface area contributed by atoms with Crippen LogP contribution in [0.3, 0.4) is 0 Å². The summed E-state index contributed by atoms with van der Waals surface area (Å²) in [5, 5.41) is 3.64. The molecule has 1 N–H and O–H groups in total. The molecule has 1 rings (SSSR count). The maximum absolute atomic E-state index is 5.30. The van der Waals surface area contributed by atoms with E-state index in [-0.39, 0.29) is 0 Å². The van der Waals surface area contributed by atoms with Crippen molar-refractivity contribution in [1.29, 1.82) is 0 Å². The van der Waals surface area contributed by atoms with Crippen LogP contribution in [0.1, 0.15) is 39.0 Å². The van der Waals surface area contributed by atoms with Gasteiger partial charge in [-0.25, -0.2) is 0 Å². The number of piperidine rings is 1. The Balaban J connectivity index is 2.02. The molecule has 0 bridgehead atoms. The van der Waals surface area contributed by atoms with E-state index >= 15 is 0 Å². The Morgan fingerprint density at radius 1 is 1.33 bits per heavy atom. The van der Waals surface area contributed by atoms with Crippen LogP contribution in [0.2, 0.25) is 0 Å². The minimum absolute atomic E-state index is 0.732. The summed E-state index contributed by atoms with van der Waals surface area (Å²) in [6.45, 7) is 6.58. The molecule has 0 spiro atoms. The summed E-state index contributed by atoms with van der Waals surface area (Å²) >= 11 is 0. The van der Waals surface area contributed by atoms with Crippen LogP contribution in [-0.2, 0) is 0 Å². The Morgan fingerprint density at radius 3 is 2.67 bits per heavy atom. The first-order valence-corrected chi connectivity index (χ1v) is 6.26. The quantitative estimate of drug-likeness (QED) is 0.529. The minimum Gasteiger partial charge on any atom is -0.314 e. The van der Waals surface area contributed by atoms with E-state index in [1.54, 1.807) is 0 Å². The zero-order chi connectivity index (χ0) is 10.9. The van der Waals surface area contributed by atoms with Crippen molar-refractivity contribution in [3.05, 3.63) is 0 Å². The Morgan fingerprint density at radius 2 is 2.07 bits per heavy atom. The molecule has 1 saturated heterocycles. The maximum Gasteiger partial charge on any atom is 0.0598 e. The van der Waals surface area contributed by atoms with Gasteiger partial charge >= 0.3 is 0 Å². The number of nitrogens with zero attached hydrogens (tertiary/aromatic N) is 1. The fourth-order valence-electron chi connectivity index (χ4n) is 2.11. The molecule has 2 heteroatoms. The first kappa shape index (κ1) is 12.5. The molecule has 2 nitrogen and oxygen atoms in total. The molecule has 0 unspecified atom stereocenters. The molecule has 15 heavy (non-hydrogen) atoms. The van der Waals surface area contributed by atoms with E-state index < -0.39 is 0 Å². The van der Waals surface area contributed by atoms with Gasteiger partial charge in [-0.3, -0.25) is 4.90 Å². The summed E-state index contributed by atoms with van der Waals surface area (Å²) in [5.74, 6) is 2.72. The number of hydrogen-bond donors (Lipinski definition) is 1. The average Bonchev–Trinajstić information content (AvgIpc) is 2.27. The second-order valence-corrected chi connectivity index (χ2v) is 4.42. The predicted octanol–water partition coefficient (Wildman–Crippen LogP) is 1.86. The van der Waals surface area contributed by atoms with Gasteiger partial charge in [-0.15, -0.1) is 6.42 Å². The minimum atomic E-state index is 0.732. The van der Waals surface area contributed by atoms with Gasteiger partial charge in [-0.2, -0.15) is 0 Å². The molecule has 0 aromatic heterocycles. The first-order valence-electron chi connectivity index (χ1n) is 6.26. The third kappa shape index (κ3) is 5.20. The highest BCUT2D eigenvalue weighted by Crippen LogP contribution is 2.09. The van der Waals surface area contributed by atoms with Crippen LogP contribution in [-0.4, -0.2) is 37.1 Å². The third-order valence-electron chi connectivity index (χ3n) is 3.12. The average molecular weight is 208 g/mol. The zero-order valence-electron chi connectivity index (χ0n) is 9.97. The number of hydrogen-bond acceptors (Lipinski definition) is 2. The monoisotopic (exact) mass is 208 g/mol. The molecule has 1 aliphatic heterocycles. The number of terminal acetylenes is 1. The zero-order valence-corrected chi connectivity index (χ0v) is 9.97. The second kappa shape index (κ2) is 7.73. The molecule has 1 heterocycles. The second-order valence-electron chi connectivity index (χ2n) is 4.42. The Labute approximate surface area is 94.4 Å². The summed E-state index contributed by atoms with van der Waals surface area (Å²) in [5.41, 5.74) is 0. The predicted molar refractivity (Wildman–Crippen MR) is 65.8 cm³/mol. The van der Waals surface area contributed by atoms with Crippen LogP contribution in [0.5, 0.6) is 0 Å². The van der Waals surface area contributed by atoms with Gasteiger partial charge in [0.1, 0.15) is 0 Å². The van der Waals surface area contributed by atoms with Crippen molar-refractivity contribution in [2.75, 3.05) is 26.2 Å². The highest BCUT2D eigenvalue weighted by atomic mass is 15.1. The van der Waals surface area contributed by atoms with Crippen molar-refractivity contribution in [3.8, 4) is 12.3 Å². The summed E-state index contributed by atoms with van der Waals surface area (Å²) in [7, 11) is 0. The molecule has 0 aliphatic carbocycles. The number of nitrogens with one attached hydrogen (secondary N) is 1. The lowest BCUT2D eigenvalue weighted by atomic mass is 10.0. The van der Waals surface area contributed by atoms with Gasteiger partial charge in [-0.05, 0) is 25.8 Å². The third-order valence-corrected chi connectivity index (χ3v) is 3.12. The largest absolute Gasteiger partial charge is 0.314 e. The Hall–Kier alpha value is -0.520. The first-order chi connectivity index (χ1) is 7.36. The fraction of sp³-hybridized carbons (Fsp3) is 0.846. The fourth-order valence-corrected chi connectivity index (χ4v) is 2.11. The molecule has 86 valence electrons. The number of rotatable bonds is 6. The van der Waals surface area contributed by atoms with Crippen LogP contribution < -0.4 is 5.32 Å². The van der Waals surface area contributed by atoms with Crippen molar-refractivity contribution in [2.45, 2.75) is 45.1 Å². The lowest BCUT2D eigenvalue weighted by molar-refractivity contribution is 0.218. The molecule has 1 aliphatic rings. The van der Waals surface area contributed by atoms with Crippen LogP contribution in [0.4, 0.5) is 0 Å². The number of unbranched alkanes of at least 4 members (excludes halogenated alkanes) is 2. The smallest absolute Gasteiger partial charge is 0.0598 e. The maximum atomic E-state index is 5.30. The van der Waals surface area contributed by atoms with Gasteiger partial charge in [-0.1, -0.05) is 25.7 Å². The van der Waals surface area contributed by atoms with Gasteiger partial charge in [0, 0.05) is 19.1 Å². The van der Waals surface area contributed by atoms with Crippen molar-refractivity contribution >= 4 is 0 Å². The molecular weight excluding hydrogens is 184 g/mol. The Kier molecular flexibility index (Phi) is 6.47. The van der Waals surface area contributed by atoms with E-state index in [4.69, 9.17) is 6.42 Å². The molecule has 0 aromatic rings. The summed E-state index contributed by atoms with van der Waals surface area (Å²) < 4.78 is 0. The molecule has 0 saturated carbocycles. The van der Waals surface area contributed by atoms with Crippen molar-refractivity contribution in [2.24, 2.45) is 0 Å². The SMILES string of the molecule is C#CCN1CCC(NCCCCC)CC1. The standard InChI is InChI=1S/C13H24N2/c1-3-5-6-9-14-13-7-11-15(10-4-2)12-8-13/h2,13-14H,3,5-12H2,1H3. The van der Waals surface area contributed by atoms with Crippen LogP contribution in [0.25, 0.3) is 0 Å². The van der Waals surface area contributed by atoms with E-state index in [9.17, 15) is 0 Å². The summed E-state index contributed by atoms with van der Waals surface area (Å²) in [4.78, 5) is 2.37. The molecular formula is C13H24N2. The van der Waals surface area contributed by atoms with E-state index in [2.05, 4.69) is 23.1 Å². The summed E-state index contributed by atoms with van der Waals surface area (Å²) in [6.07, 6.45) is 11.8. The van der Waals surface area contributed by atoms with E-state index in [1.165, 1.54) is 38.6 Å². The van der Waals surface area contributed by atoms with Crippen molar-refractivity contribution < 1.29 is 0 Å². The normalized spacial score (nSPS) is 18.9. The number of likely N-dealkylation sites (tertiary alicyclic amines) is 1. The lowest BCUT2D eigenvalue weighted by Gasteiger charge is -2.31. The van der Waals surface area contributed by atoms with E-state index in [1.807, 2.05) is 0 Å². The van der Waals surface area contributed by atoms with Crippen molar-refractivity contribution in [3.63, 3.8) is 0 Å². The lowest BCUT2D eigenvalue weighted by Crippen LogP contribution is -2.42.